The van der Waals surface area contributed by atoms with E-state index >= 15 is 0 Å². The third-order valence-electron chi connectivity index (χ3n) is 3.26. The van der Waals surface area contributed by atoms with Gasteiger partial charge in [0.05, 0.1) is 0 Å². The predicted octanol–water partition coefficient (Wildman–Crippen LogP) is 5.63. The van der Waals surface area contributed by atoms with Crippen molar-refractivity contribution in [3.8, 4) is 0 Å². The highest BCUT2D eigenvalue weighted by molar-refractivity contribution is 7.81. The maximum absolute atomic E-state index is 4.50. The van der Waals surface area contributed by atoms with Gasteiger partial charge in [0, 0.05) is 11.3 Å². The van der Waals surface area contributed by atoms with Gasteiger partial charge in [0.1, 0.15) is 0 Å². The molecule has 0 aliphatic carbocycles. The Hall–Kier alpha value is 0.600. The second kappa shape index (κ2) is 15.0. The second-order valence-corrected chi connectivity index (χ2v) is 7.38. The predicted molar refractivity (Wildman–Crippen MR) is 95.0 cm³/mol. The number of halogens is 1. The Morgan fingerprint density at radius 1 is 0.789 bits per heavy atom. The van der Waals surface area contributed by atoms with Crippen LogP contribution in [0.15, 0.2) is 0 Å². The van der Waals surface area contributed by atoms with E-state index in [2.05, 4.69) is 38.7 Å². The molecule has 0 saturated carbocycles. The molecule has 0 aromatic heterocycles. The van der Waals surface area contributed by atoms with E-state index in [1.807, 2.05) is 0 Å². The number of nitrogens with one attached hydrogen (secondary N) is 1. The van der Waals surface area contributed by atoms with Crippen LogP contribution in [0.5, 0.6) is 0 Å². The summed E-state index contributed by atoms with van der Waals surface area (Å²) in [5, 5.41) is 3.47. The molecule has 3 heteroatoms. The van der Waals surface area contributed by atoms with Crippen molar-refractivity contribution in [3.63, 3.8) is 0 Å². The van der Waals surface area contributed by atoms with Gasteiger partial charge in [-0.25, -0.2) is 0 Å². The van der Waals surface area contributed by atoms with Crippen molar-refractivity contribution in [1.82, 2.24) is 5.32 Å². The average Bonchev–Trinajstić information content (AvgIpc) is 2.29. The standard InChI is InChI=1S/C16H35NS.ClH/c1-4-5-6-7-8-9-10-11-12-13-14-17-15-16(2,3)18;/h17-18H,4-15H2,1-3H3;1H. The van der Waals surface area contributed by atoms with Crippen LogP contribution >= 0.6 is 25.0 Å². The number of rotatable bonds is 13. The highest BCUT2D eigenvalue weighted by atomic mass is 35.5. The number of unbranched alkanes of at least 4 members (excludes halogenated alkanes) is 9. The van der Waals surface area contributed by atoms with Gasteiger partial charge in [-0.1, -0.05) is 64.7 Å². The van der Waals surface area contributed by atoms with Gasteiger partial charge in [0.2, 0.25) is 0 Å². The molecule has 0 amide bonds. The summed E-state index contributed by atoms with van der Waals surface area (Å²) in [7, 11) is 0. The average molecular weight is 310 g/mol. The molecule has 0 aliphatic heterocycles. The fraction of sp³-hybridized carbons (Fsp3) is 1.00. The monoisotopic (exact) mass is 309 g/mol. The van der Waals surface area contributed by atoms with Crippen molar-refractivity contribution in [2.75, 3.05) is 13.1 Å². The molecule has 0 bridgehead atoms. The quantitative estimate of drug-likeness (QED) is 0.332. The molecule has 0 aromatic carbocycles. The number of hydrogen-bond acceptors (Lipinski definition) is 2. The van der Waals surface area contributed by atoms with Crippen molar-refractivity contribution in [2.24, 2.45) is 0 Å². The van der Waals surface area contributed by atoms with Crippen LogP contribution in [-0.4, -0.2) is 17.8 Å². The number of hydrogen-bond donors (Lipinski definition) is 2. The molecule has 0 unspecified atom stereocenters. The summed E-state index contributed by atoms with van der Waals surface area (Å²) in [5.74, 6) is 0. The van der Waals surface area contributed by atoms with E-state index in [1.165, 1.54) is 64.2 Å². The zero-order chi connectivity index (χ0) is 13.7. The number of thiol groups is 1. The van der Waals surface area contributed by atoms with Gasteiger partial charge in [0.15, 0.2) is 0 Å². The fourth-order valence-corrected chi connectivity index (χ4v) is 2.24. The van der Waals surface area contributed by atoms with Crippen LogP contribution in [0.1, 0.15) is 85.0 Å². The van der Waals surface area contributed by atoms with E-state index in [9.17, 15) is 0 Å². The molecule has 0 aliphatic rings. The minimum atomic E-state index is 0. The summed E-state index contributed by atoms with van der Waals surface area (Å²) in [6.07, 6.45) is 14.1. The van der Waals surface area contributed by atoms with Crippen LogP contribution in [0, 0.1) is 0 Å². The van der Waals surface area contributed by atoms with Crippen LogP contribution in [0.4, 0.5) is 0 Å². The first-order valence-electron chi connectivity index (χ1n) is 7.99. The largest absolute Gasteiger partial charge is 0.315 e. The first-order valence-corrected chi connectivity index (χ1v) is 8.44. The third kappa shape index (κ3) is 21.1. The van der Waals surface area contributed by atoms with E-state index < -0.39 is 0 Å². The molecule has 19 heavy (non-hydrogen) atoms. The van der Waals surface area contributed by atoms with Gasteiger partial charge in [-0.3, -0.25) is 0 Å². The molecular weight excluding hydrogens is 274 g/mol. The van der Waals surface area contributed by atoms with Gasteiger partial charge < -0.3 is 5.32 Å². The lowest BCUT2D eigenvalue weighted by atomic mass is 10.1. The Morgan fingerprint density at radius 2 is 1.21 bits per heavy atom. The van der Waals surface area contributed by atoms with Crippen LogP contribution < -0.4 is 5.32 Å². The SMILES string of the molecule is CCCCCCCCCCCCNCC(C)(C)S.Cl. The zero-order valence-corrected chi connectivity index (χ0v) is 15.1. The molecule has 0 spiro atoms. The van der Waals surface area contributed by atoms with Crippen LogP contribution in [0.2, 0.25) is 0 Å². The molecule has 0 rings (SSSR count). The summed E-state index contributed by atoms with van der Waals surface area (Å²) < 4.78 is 0.124. The van der Waals surface area contributed by atoms with Crippen molar-refractivity contribution >= 4 is 25.0 Å². The summed E-state index contributed by atoms with van der Waals surface area (Å²) >= 11 is 4.50. The molecular formula is C16H36ClNS. The second-order valence-electron chi connectivity index (χ2n) is 6.17. The molecule has 0 fully saturated rings. The maximum atomic E-state index is 4.50. The van der Waals surface area contributed by atoms with Gasteiger partial charge in [0.25, 0.3) is 0 Å². The van der Waals surface area contributed by atoms with E-state index in [0.29, 0.717) is 0 Å². The minimum absolute atomic E-state index is 0. The molecule has 1 N–H and O–H groups in total. The van der Waals surface area contributed by atoms with Crippen molar-refractivity contribution < 1.29 is 0 Å². The fourth-order valence-electron chi connectivity index (χ4n) is 2.13. The maximum Gasteiger partial charge on any atom is 0.0198 e. The topological polar surface area (TPSA) is 12.0 Å². The van der Waals surface area contributed by atoms with Gasteiger partial charge >= 0.3 is 0 Å². The Bertz CT molecular complexity index is 169. The molecule has 0 saturated heterocycles. The first kappa shape index (κ1) is 21.9. The zero-order valence-electron chi connectivity index (χ0n) is 13.3. The summed E-state index contributed by atoms with van der Waals surface area (Å²) in [4.78, 5) is 0. The summed E-state index contributed by atoms with van der Waals surface area (Å²) in [6.45, 7) is 8.75. The van der Waals surface area contributed by atoms with Gasteiger partial charge in [-0.15, -0.1) is 12.4 Å². The molecule has 118 valence electrons. The lowest BCUT2D eigenvalue weighted by molar-refractivity contribution is 0.531. The molecule has 0 aromatic rings. The van der Waals surface area contributed by atoms with Crippen molar-refractivity contribution in [1.29, 1.82) is 0 Å². The smallest absolute Gasteiger partial charge is 0.0198 e. The highest BCUT2D eigenvalue weighted by Crippen LogP contribution is 2.11. The molecule has 1 nitrogen and oxygen atoms in total. The summed E-state index contributed by atoms with van der Waals surface area (Å²) in [5.41, 5.74) is 0. The van der Waals surface area contributed by atoms with Gasteiger partial charge in [-0.05, 0) is 26.8 Å². The molecule has 0 radical (unpaired) electrons. The first-order chi connectivity index (χ1) is 8.56. The van der Waals surface area contributed by atoms with E-state index in [1.54, 1.807) is 0 Å². The normalized spacial score (nSPS) is 11.4. The Balaban J connectivity index is 0. The molecule has 0 heterocycles. The Morgan fingerprint density at radius 3 is 1.63 bits per heavy atom. The van der Waals surface area contributed by atoms with Gasteiger partial charge in [-0.2, -0.15) is 12.6 Å². The third-order valence-corrected chi connectivity index (χ3v) is 3.42. The van der Waals surface area contributed by atoms with Crippen molar-refractivity contribution in [3.05, 3.63) is 0 Å². The summed E-state index contributed by atoms with van der Waals surface area (Å²) in [6, 6.07) is 0. The minimum Gasteiger partial charge on any atom is -0.315 e. The Labute approximate surface area is 133 Å². The lowest BCUT2D eigenvalue weighted by Crippen LogP contribution is -2.30. The highest BCUT2D eigenvalue weighted by Gasteiger charge is 2.09. The van der Waals surface area contributed by atoms with E-state index in [0.717, 1.165) is 13.1 Å². The van der Waals surface area contributed by atoms with E-state index in [4.69, 9.17) is 0 Å². The molecule has 0 atom stereocenters. The lowest BCUT2D eigenvalue weighted by Gasteiger charge is -2.17. The van der Waals surface area contributed by atoms with E-state index in [-0.39, 0.29) is 17.2 Å². The van der Waals surface area contributed by atoms with Crippen molar-refractivity contribution in [2.45, 2.75) is 89.7 Å². The van der Waals surface area contributed by atoms with Crippen LogP contribution in [-0.2, 0) is 0 Å². The van der Waals surface area contributed by atoms with Crippen LogP contribution in [0.3, 0.4) is 0 Å². The Kier molecular flexibility index (Phi) is 17.3. The van der Waals surface area contributed by atoms with Crippen LogP contribution in [0.25, 0.3) is 0 Å².